The lowest BCUT2D eigenvalue weighted by Crippen LogP contribution is -2.40. The number of hydrogen-bond donors (Lipinski definition) is 4. The van der Waals surface area contributed by atoms with Gasteiger partial charge in [0.25, 0.3) is 0 Å². The van der Waals surface area contributed by atoms with Crippen LogP contribution in [0.25, 0.3) is 0 Å². The molecule has 0 spiro atoms. The first-order valence-corrected chi connectivity index (χ1v) is 6.19. The summed E-state index contributed by atoms with van der Waals surface area (Å²) >= 11 is 0. The normalized spacial score (nSPS) is 13.5. The zero-order valence-electron chi connectivity index (χ0n) is 11.1. The molecule has 1 atom stereocenters. The Bertz CT molecular complexity index is 218. The molecule has 4 N–H and O–H groups in total. The van der Waals surface area contributed by atoms with E-state index in [4.69, 9.17) is 10.2 Å². The lowest BCUT2D eigenvalue weighted by atomic mass is 9.93. The second-order valence-corrected chi connectivity index (χ2v) is 4.93. The number of carbonyl (C=O) groups is 1. The van der Waals surface area contributed by atoms with E-state index in [1.807, 2.05) is 13.8 Å². The molecule has 1 amide bonds. The monoisotopic (exact) mass is 246 g/mol. The summed E-state index contributed by atoms with van der Waals surface area (Å²) in [4.78, 5) is 11.4. The molecule has 0 aliphatic heterocycles. The van der Waals surface area contributed by atoms with E-state index < -0.39 is 5.41 Å². The Morgan fingerprint density at radius 1 is 1.35 bits per heavy atom. The molecule has 0 aromatic heterocycles. The molecule has 0 rings (SSSR count). The van der Waals surface area contributed by atoms with Crippen LogP contribution in [0.3, 0.4) is 0 Å². The Morgan fingerprint density at radius 2 is 1.94 bits per heavy atom. The van der Waals surface area contributed by atoms with Crippen LogP contribution in [0.5, 0.6) is 0 Å². The molecule has 0 saturated heterocycles. The van der Waals surface area contributed by atoms with Gasteiger partial charge < -0.3 is 20.8 Å². The second-order valence-electron chi connectivity index (χ2n) is 4.93. The SMILES string of the molecule is CCC(C)NC(=O)CCNCC(C)(CO)CO. The van der Waals surface area contributed by atoms with E-state index in [1.165, 1.54) is 0 Å². The van der Waals surface area contributed by atoms with Crippen molar-refractivity contribution >= 4 is 5.91 Å². The molecule has 5 heteroatoms. The van der Waals surface area contributed by atoms with Crippen LogP contribution >= 0.6 is 0 Å². The van der Waals surface area contributed by atoms with Gasteiger partial charge in [-0.05, 0) is 13.3 Å². The molecule has 0 aromatic carbocycles. The Hall–Kier alpha value is -0.650. The van der Waals surface area contributed by atoms with Gasteiger partial charge in [0.1, 0.15) is 0 Å². The molecule has 17 heavy (non-hydrogen) atoms. The maximum Gasteiger partial charge on any atom is 0.221 e. The van der Waals surface area contributed by atoms with Gasteiger partial charge in [0.15, 0.2) is 0 Å². The van der Waals surface area contributed by atoms with Crippen molar-refractivity contribution < 1.29 is 15.0 Å². The van der Waals surface area contributed by atoms with E-state index in [0.29, 0.717) is 19.5 Å². The number of hydrogen-bond acceptors (Lipinski definition) is 4. The first-order valence-electron chi connectivity index (χ1n) is 6.19. The van der Waals surface area contributed by atoms with E-state index in [0.717, 1.165) is 6.42 Å². The molecule has 0 fully saturated rings. The van der Waals surface area contributed by atoms with Gasteiger partial charge in [0.05, 0.1) is 13.2 Å². The van der Waals surface area contributed by atoms with Gasteiger partial charge in [-0.3, -0.25) is 4.79 Å². The van der Waals surface area contributed by atoms with Gasteiger partial charge in [-0.25, -0.2) is 0 Å². The molecule has 0 aliphatic rings. The predicted molar refractivity (Wildman–Crippen MR) is 67.7 cm³/mol. The van der Waals surface area contributed by atoms with Crippen molar-refractivity contribution in [3.8, 4) is 0 Å². The molecule has 0 radical (unpaired) electrons. The van der Waals surface area contributed by atoms with Crippen LogP contribution in [0.1, 0.15) is 33.6 Å². The Labute approximate surface area is 104 Å². The molecule has 0 saturated carbocycles. The van der Waals surface area contributed by atoms with Crippen molar-refractivity contribution in [2.24, 2.45) is 5.41 Å². The van der Waals surface area contributed by atoms with Crippen LogP contribution in [0.2, 0.25) is 0 Å². The predicted octanol–water partition coefficient (Wildman–Crippen LogP) is -0.128. The largest absolute Gasteiger partial charge is 0.396 e. The smallest absolute Gasteiger partial charge is 0.221 e. The second kappa shape index (κ2) is 8.44. The molecular formula is C12H26N2O3. The minimum atomic E-state index is -0.521. The van der Waals surface area contributed by atoms with Gasteiger partial charge in [-0.15, -0.1) is 0 Å². The van der Waals surface area contributed by atoms with Crippen molar-refractivity contribution in [3.05, 3.63) is 0 Å². The molecule has 5 nitrogen and oxygen atoms in total. The lowest BCUT2D eigenvalue weighted by Gasteiger charge is -2.24. The third kappa shape index (κ3) is 7.31. The third-order valence-electron chi connectivity index (χ3n) is 2.86. The summed E-state index contributed by atoms with van der Waals surface area (Å²) in [5.41, 5.74) is -0.521. The highest BCUT2D eigenvalue weighted by Gasteiger charge is 2.21. The lowest BCUT2D eigenvalue weighted by molar-refractivity contribution is -0.121. The van der Waals surface area contributed by atoms with Gasteiger partial charge in [0.2, 0.25) is 5.91 Å². The quantitative estimate of drug-likeness (QED) is 0.427. The molecule has 1 unspecified atom stereocenters. The van der Waals surface area contributed by atoms with Crippen molar-refractivity contribution in [1.82, 2.24) is 10.6 Å². The number of rotatable bonds is 9. The van der Waals surface area contributed by atoms with Crippen molar-refractivity contribution in [2.45, 2.75) is 39.7 Å². The number of aliphatic hydroxyl groups excluding tert-OH is 2. The van der Waals surface area contributed by atoms with E-state index in [1.54, 1.807) is 6.92 Å². The van der Waals surface area contributed by atoms with Crippen molar-refractivity contribution in [3.63, 3.8) is 0 Å². The number of nitrogens with one attached hydrogen (secondary N) is 2. The van der Waals surface area contributed by atoms with E-state index in [2.05, 4.69) is 10.6 Å². The number of amides is 1. The molecule has 0 heterocycles. The standard InChI is InChI=1S/C12H26N2O3/c1-4-10(2)14-11(17)5-6-13-7-12(3,8-15)9-16/h10,13,15-16H,4-9H2,1-3H3,(H,14,17). The number of carbonyl (C=O) groups excluding carboxylic acids is 1. The van der Waals surface area contributed by atoms with Gasteiger partial charge in [0, 0.05) is 31.0 Å². The van der Waals surface area contributed by atoms with Gasteiger partial charge in [-0.2, -0.15) is 0 Å². The molecule has 0 aliphatic carbocycles. The average Bonchev–Trinajstić information content (AvgIpc) is 2.34. The Kier molecular flexibility index (Phi) is 8.12. The van der Waals surface area contributed by atoms with Crippen LogP contribution in [-0.2, 0) is 4.79 Å². The third-order valence-corrected chi connectivity index (χ3v) is 2.86. The fraction of sp³-hybridized carbons (Fsp3) is 0.917. The summed E-state index contributed by atoms with van der Waals surface area (Å²) in [5, 5.41) is 24.1. The number of aliphatic hydroxyl groups is 2. The molecule has 0 aromatic rings. The topological polar surface area (TPSA) is 81.6 Å². The molecule has 102 valence electrons. The van der Waals surface area contributed by atoms with Crippen molar-refractivity contribution in [2.75, 3.05) is 26.3 Å². The summed E-state index contributed by atoms with van der Waals surface area (Å²) in [7, 11) is 0. The summed E-state index contributed by atoms with van der Waals surface area (Å²) in [6, 6.07) is 0.211. The van der Waals surface area contributed by atoms with E-state index in [-0.39, 0.29) is 25.2 Å². The first kappa shape index (κ1) is 16.4. The Morgan fingerprint density at radius 3 is 2.41 bits per heavy atom. The van der Waals surface area contributed by atoms with E-state index >= 15 is 0 Å². The van der Waals surface area contributed by atoms with Crippen molar-refractivity contribution in [1.29, 1.82) is 0 Å². The van der Waals surface area contributed by atoms with E-state index in [9.17, 15) is 4.79 Å². The van der Waals surface area contributed by atoms with Crippen LogP contribution in [0.4, 0.5) is 0 Å². The van der Waals surface area contributed by atoms with Crippen LogP contribution in [-0.4, -0.2) is 48.5 Å². The minimum absolute atomic E-state index is 0.0292. The summed E-state index contributed by atoms with van der Waals surface area (Å²) in [5.74, 6) is 0.0292. The fourth-order valence-electron chi connectivity index (χ4n) is 1.20. The summed E-state index contributed by atoms with van der Waals surface area (Å²) < 4.78 is 0. The van der Waals surface area contributed by atoms with Crippen LogP contribution in [0, 0.1) is 5.41 Å². The highest BCUT2D eigenvalue weighted by Crippen LogP contribution is 2.11. The highest BCUT2D eigenvalue weighted by atomic mass is 16.3. The van der Waals surface area contributed by atoms with Crippen LogP contribution in [0.15, 0.2) is 0 Å². The average molecular weight is 246 g/mol. The van der Waals surface area contributed by atoms with Gasteiger partial charge >= 0.3 is 0 Å². The minimum Gasteiger partial charge on any atom is -0.396 e. The first-order chi connectivity index (χ1) is 7.97. The maximum absolute atomic E-state index is 11.4. The van der Waals surface area contributed by atoms with Gasteiger partial charge in [-0.1, -0.05) is 13.8 Å². The fourth-order valence-corrected chi connectivity index (χ4v) is 1.20. The zero-order chi connectivity index (χ0) is 13.3. The van der Waals surface area contributed by atoms with Crippen LogP contribution < -0.4 is 10.6 Å². The molecule has 0 bridgehead atoms. The Balaban J connectivity index is 3.67. The summed E-state index contributed by atoms with van der Waals surface area (Å²) in [6.07, 6.45) is 1.34. The molecular weight excluding hydrogens is 220 g/mol. The summed E-state index contributed by atoms with van der Waals surface area (Å²) in [6.45, 7) is 6.69. The maximum atomic E-state index is 11.4. The highest BCUT2D eigenvalue weighted by molar-refractivity contribution is 5.76. The zero-order valence-corrected chi connectivity index (χ0v) is 11.1.